The molecule has 176 valence electrons. The van der Waals surface area contributed by atoms with E-state index in [9.17, 15) is 9.59 Å². The summed E-state index contributed by atoms with van der Waals surface area (Å²) in [6, 6.07) is 0. The van der Waals surface area contributed by atoms with Gasteiger partial charge in [-0.25, -0.2) is 9.59 Å². The normalized spacial score (nSPS) is 11.1. The molecule has 0 aromatic rings. The van der Waals surface area contributed by atoms with Gasteiger partial charge >= 0.3 is 11.9 Å². The first-order valence-electron chi connectivity index (χ1n) is 12.3. The molecule has 0 rings (SSSR count). The minimum atomic E-state index is -0.483. The van der Waals surface area contributed by atoms with E-state index in [4.69, 9.17) is 21.1 Å². The van der Waals surface area contributed by atoms with E-state index < -0.39 is 11.9 Å². The van der Waals surface area contributed by atoms with Gasteiger partial charge in [0, 0.05) is 18.0 Å². The zero-order valence-corrected chi connectivity index (χ0v) is 20.1. The van der Waals surface area contributed by atoms with Crippen molar-refractivity contribution in [1.82, 2.24) is 0 Å². The lowest BCUT2D eigenvalue weighted by Gasteiger charge is -2.04. The van der Waals surface area contributed by atoms with Gasteiger partial charge in [-0.15, -0.1) is 11.6 Å². The number of carbonyl (C=O) groups is 2. The van der Waals surface area contributed by atoms with Gasteiger partial charge < -0.3 is 9.47 Å². The smallest absolute Gasteiger partial charge is 0.331 e. The van der Waals surface area contributed by atoms with E-state index in [2.05, 4.69) is 6.92 Å². The van der Waals surface area contributed by atoms with Crippen LogP contribution >= 0.6 is 11.6 Å². The molecule has 0 spiro atoms. The number of carbonyl (C=O) groups excluding carboxylic acids is 2. The molecule has 0 aliphatic carbocycles. The molecule has 0 fully saturated rings. The standard InChI is InChI=1S/C25H45ClO4/c1-2-3-4-5-6-7-8-9-11-14-17-22-29-24(27)19-20-25(28)30-23-18-15-12-10-13-16-21-26/h19-20H,2-18,21-23H2,1H3/b20-19+. The highest BCUT2D eigenvalue weighted by atomic mass is 35.5. The Morgan fingerprint density at radius 3 is 1.27 bits per heavy atom. The van der Waals surface area contributed by atoms with Crippen molar-refractivity contribution in [1.29, 1.82) is 0 Å². The summed E-state index contributed by atoms with van der Waals surface area (Å²) < 4.78 is 10.2. The summed E-state index contributed by atoms with van der Waals surface area (Å²) in [6.45, 7) is 3.06. The van der Waals surface area contributed by atoms with Crippen LogP contribution in [0.4, 0.5) is 0 Å². The van der Waals surface area contributed by atoms with E-state index in [0.29, 0.717) is 13.2 Å². The van der Waals surface area contributed by atoms with Gasteiger partial charge in [0.2, 0.25) is 0 Å². The van der Waals surface area contributed by atoms with Gasteiger partial charge in [0.15, 0.2) is 0 Å². The summed E-state index contributed by atoms with van der Waals surface area (Å²) in [5.74, 6) is -0.229. The van der Waals surface area contributed by atoms with Gasteiger partial charge in [-0.05, 0) is 19.3 Å². The number of halogens is 1. The second-order valence-electron chi connectivity index (χ2n) is 8.01. The van der Waals surface area contributed by atoms with E-state index in [1.807, 2.05) is 0 Å². The van der Waals surface area contributed by atoms with E-state index in [0.717, 1.165) is 63.0 Å². The molecule has 0 radical (unpaired) electrons. The second-order valence-corrected chi connectivity index (χ2v) is 8.39. The first kappa shape index (κ1) is 29.0. The molecule has 0 aromatic carbocycles. The zero-order chi connectivity index (χ0) is 22.1. The Morgan fingerprint density at radius 1 is 0.567 bits per heavy atom. The lowest BCUT2D eigenvalue weighted by Crippen LogP contribution is -2.06. The maximum absolute atomic E-state index is 11.6. The van der Waals surface area contributed by atoms with Crippen LogP contribution < -0.4 is 0 Å². The van der Waals surface area contributed by atoms with Crippen LogP contribution in [0.3, 0.4) is 0 Å². The van der Waals surface area contributed by atoms with Crippen LogP contribution in [0.5, 0.6) is 0 Å². The fourth-order valence-corrected chi connectivity index (χ4v) is 3.44. The van der Waals surface area contributed by atoms with Crippen molar-refractivity contribution >= 4 is 23.5 Å². The monoisotopic (exact) mass is 444 g/mol. The first-order valence-corrected chi connectivity index (χ1v) is 12.8. The number of esters is 2. The van der Waals surface area contributed by atoms with Crippen molar-refractivity contribution in [3.05, 3.63) is 12.2 Å². The van der Waals surface area contributed by atoms with Crippen molar-refractivity contribution < 1.29 is 19.1 Å². The Bertz CT molecular complexity index is 423. The number of unbranched alkanes of at least 4 members (excludes halogenated alkanes) is 15. The average Bonchev–Trinajstić information content (AvgIpc) is 2.75. The molecule has 0 aromatic heterocycles. The minimum Gasteiger partial charge on any atom is -0.463 e. The molecule has 0 N–H and O–H groups in total. The second kappa shape index (κ2) is 24.2. The van der Waals surface area contributed by atoms with Crippen LogP contribution in [0, 0.1) is 0 Å². The van der Waals surface area contributed by atoms with Crippen LogP contribution in [0.1, 0.15) is 116 Å². The van der Waals surface area contributed by atoms with Crippen molar-refractivity contribution in [2.24, 2.45) is 0 Å². The summed E-state index contributed by atoms with van der Waals surface area (Å²) in [5, 5.41) is 0. The summed E-state index contributed by atoms with van der Waals surface area (Å²) in [4.78, 5) is 23.2. The third-order valence-electron chi connectivity index (χ3n) is 5.12. The van der Waals surface area contributed by atoms with Crippen molar-refractivity contribution in [3.63, 3.8) is 0 Å². The number of hydrogen-bond donors (Lipinski definition) is 0. The Hall–Kier alpha value is -1.03. The van der Waals surface area contributed by atoms with Crippen LogP contribution in [0.15, 0.2) is 12.2 Å². The van der Waals surface area contributed by atoms with Gasteiger partial charge in [0.25, 0.3) is 0 Å². The number of hydrogen-bond acceptors (Lipinski definition) is 4. The van der Waals surface area contributed by atoms with Gasteiger partial charge in [-0.3, -0.25) is 0 Å². The Labute approximate surface area is 190 Å². The predicted molar refractivity (Wildman–Crippen MR) is 126 cm³/mol. The molecule has 0 aliphatic heterocycles. The minimum absolute atomic E-state index is 0.395. The average molecular weight is 445 g/mol. The molecular formula is C25H45ClO4. The van der Waals surface area contributed by atoms with E-state index in [1.165, 1.54) is 64.2 Å². The van der Waals surface area contributed by atoms with Gasteiger partial charge in [-0.2, -0.15) is 0 Å². The highest BCUT2D eigenvalue weighted by Crippen LogP contribution is 2.11. The molecule has 0 atom stereocenters. The van der Waals surface area contributed by atoms with Gasteiger partial charge in [0.05, 0.1) is 13.2 Å². The summed E-state index contributed by atoms with van der Waals surface area (Å²) in [5.41, 5.74) is 0. The Morgan fingerprint density at radius 2 is 0.900 bits per heavy atom. The maximum atomic E-state index is 11.6. The summed E-state index contributed by atoms with van der Waals surface area (Å²) >= 11 is 5.63. The number of rotatable bonds is 22. The molecule has 0 bridgehead atoms. The van der Waals surface area contributed by atoms with Crippen LogP contribution in [0.2, 0.25) is 0 Å². The quantitative estimate of drug-likeness (QED) is 0.0749. The molecular weight excluding hydrogens is 400 g/mol. The highest BCUT2D eigenvalue weighted by Gasteiger charge is 2.01. The van der Waals surface area contributed by atoms with E-state index >= 15 is 0 Å². The molecule has 30 heavy (non-hydrogen) atoms. The van der Waals surface area contributed by atoms with Crippen LogP contribution in [-0.2, 0) is 19.1 Å². The summed E-state index contributed by atoms with van der Waals surface area (Å²) in [6.07, 6.45) is 22.6. The summed E-state index contributed by atoms with van der Waals surface area (Å²) in [7, 11) is 0. The molecule has 0 saturated carbocycles. The Balaban J connectivity index is 3.40. The topological polar surface area (TPSA) is 52.6 Å². The molecule has 0 aliphatic rings. The highest BCUT2D eigenvalue weighted by molar-refractivity contribution is 6.17. The zero-order valence-electron chi connectivity index (χ0n) is 19.3. The fraction of sp³-hybridized carbons (Fsp3) is 0.840. The lowest BCUT2D eigenvalue weighted by molar-refractivity contribution is -0.140. The van der Waals surface area contributed by atoms with Crippen molar-refractivity contribution in [3.8, 4) is 0 Å². The third kappa shape index (κ3) is 23.3. The SMILES string of the molecule is CCCCCCCCCCCCCOC(=O)/C=C/C(=O)OCCCCCCCCCl. The van der Waals surface area contributed by atoms with Gasteiger partial charge in [0.1, 0.15) is 0 Å². The van der Waals surface area contributed by atoms with Crippen LogP contribution in [0.25, 0.3) is 0 Å². The molecule has 0 unspecified atom stereocenters. The molecule has 4 nitrogen and oxygen atoms in total. The van der Waals surface area contributed by atoms with Crippen molar-refractivity contribution in [2.45, 2.75) is 116 Å². The predicted octanol–water partition coefficient (Wildman–Crippen LogP) is 7.52. The third-order valence-corrected chi connectivity index (χ3v) is 5.39. The molecule has 0 saturated heterocycles. The Kier molecular flexibility index (Phi) is 23.4. The number of alkyl halides is 1. The first-order chi connectivity index (χ1) is 14.7. The lowest BCUT2D eigenvalue weighted by atomic mass is 10.1. The van der Waals surface area contributed by atoms with E-state index in [1.54, 1.807) is 0 Å². The van der Waals surface area contributed by atoms with Crippen LogP contribution in [-0.4, -0.2) is 31.0 Å². The largest absolute Gasteiger partial charge is 0.463 e. The molecule has 5 heteroatoms. The fourth-order valence-electron chi connectivity index (χ4n) is 3.25. The molecule has 0 amide bonds. The molecule has 0 heterocycles. The number of ether oxygens (including phenoxy) is 2. The van der Waals surface area contributed by atoms with Gasteiger partial charge in [-0.1, -0.05) is 96.8 Å². The van der Waals surface area contributed by atoms with E-state index in [-0.39, 0.29) is 0 Å². The van der Waals surface area contributed by atoms with Crippen molar-refractivity contribution in [2.75, 3.05) is 19.1 Å². The maximum Gasteiger partial charge on any atom is 0.331 e.